The molecule has 0 saturated carbocycles. The molecule has 2 nitrogen and oxygen atoms in total. The van der Waals surface area contributed by atoms with Gasteiger partial charge in [-0.15, -0.1) is 0 Å². The monoisotopic (exact) mass is 241 g/mol. The molecule has 0 radical (unpaired) electrons. The van der Waals surface area contributed by atoms with Crippen LogP contribution >= 0.6 is 15.9 Å². The Kier molecular flexibility index (Phi) is 2.56. The fourth-order valence-corrected chi connectivity index (χ4v) is 2.02. The van der Waals surface area contributed by atoms with Gasteiger partial charge in [-0.25, -0.2) is 0 Å². The molecule has 1 atom stereocenters. The molecule has 70 valence electrons. The topological polar surface area (TPSA) is 32.3 Å². The van der Waals surface area contributed by atoms with Crippen molar-refractivity contribution in [1.29, 1.82) is 0 Å². The lowest BCUT2D eigenvalue weighted by molar-refractivity contribution is 0.267. The minimum atomic E-state index is 0.214. The van der Waals surface area contributed by atoms with Crippen molar-refractivity contribution in [2.75, 3.05) is 11.9 Å². The molecule has 1 heterocycles. The SMILES string of the molecule is OCC1CCc2ccc(Br)cc2N1. The second-order valence-corrected chi connectivity index (χ2v) is 4.28. The van der Waals surface area contributed by atoms with Crippen molar-refractivity contribution in [1.82, 2.24) is 0 Å². The van der Waals surface area contributed by atoms with E-state index in [0.717, 1.165) is 23.0 Å². The van der Waals surface area contributed by atoms with E-state index in [0.29, 0.717) is 0 Å². The number of rotatable bonds is 1. The van der Waals surface area contributed by atoms with Crippen LogP contribution in [0.2, 0.25) is 0 Å². The number of hydrogen-bond donors (Lipinski definition) is 2. The highest BCUT2D eigenvalue weighted by Crippen LogP contribution is 2.27. The highest BCUT2D eigenvalue weighted by molar-refractivity contribution is 9.10. The lowest BCUT2D eigenvalue weighted by Crippen LogP contribution is -2.28. The van der Waals surface area contributed by atoms with Gasteiger partial charge in [0.2, 0.25) is 0 Å². The second kappa shape index (κ2) is 3.68. The third-order valence-corrected chi connectivity index (χ3v) is 2.91. The van der Waals surface area contributed by atoms with Crippen LogP contribution in [-0.2, 0) is 6.42 Å². The number of aryl methyl sites for hydroxylation is 1. The van der Waals surface area contributed by atoms with Crippen LogP contribution < -0.4 is 5.32 Å². The van der Waals surface area contributed by atoms with Crippen LogP contribution in [0.25, 0.3) is 0 Å². The predicted octanol–water partition coefficient (Wildman–Crippen LogP) is 2.17. The Morgan fingerprint density at radius 3 is 3.15 bits per heavy atom. The van der Waals surface area contributed by atoms with Gasteiger partial charge < -0.3 is 10.4 Å². The number of fused-ring (bicyclic) bond motifs is 1. The number of hydrogen-bond acceptors (Lipinski definition) is 2. The Morgan fingerprint density at radius 1 is 1.54 bits per heavy atom. The van der Waals surface area contributed by atoms with Crippen LogP contribution in [0.1, 0.15) is 12.0 Å². The lowest BCUT2D eigenvalue weighted by Gasteiger charge is -2.25. The molecule has 0 saturated heterocycles. The molecular formula is C10H12BrNO. The zero-order valence-corrected chi connectivity index (χ0v) is 8.84. The number of aliphatic hydroxyl groups excluding tert-OH is 1. The van der Waals surface area contributed by atoms with Gasteiger partial charge in [0, 0.05) is 16.2 Å². The van der Waals surface area contributed by atoms with E-state index in [4.69, 9.17) is 5.11 Å². The highest BCUT2D eigenvalue weighted by Gasteiger charge is 2.16. The summed E-state index contributed by atoms with van der Waals surface area (Å²) < 4.78 is 1.08. The minimum Gasteiger partial charge on any atom is -0.394 e. The zero-order valence-electron chi connectivity index (χ0n) is 7.26. The summed E-state index contributed by atoms with van der Waals surface area (Å²) in [5.41, 5.74) is 2.49. The van der Waals surface area contributed by atoms with Gasteiger partial charge in [0.05, 0.1) is 6.61 Å². The van der Waals surface area contributed by atoms with Gasteiger partial charge in [0.15, 0.2) is 0 Å². The molecule has 2 N–H and O–H groups in total. The van der Waals surface area contributed by atoms with Crippen molar-refractivity contribution in [3.05, 3.63) is 28.2 Å². The molecule has 0 aromatic heterocycles. The van der Waals surface area contributed by atoms with Crippen LogP contribution in [0.3, 0.4) is 0 Å². The number of anilines is 1. The second-order valence-electron chi connectivity index (χ2n) is 3.36. The summed E-state index contributed by atoms with van der Waals surface area (Å²) in [5.74, 6) is 0. The molecule has 1 aliphatic rings. The summed E-state index contributed by atoms with van der Waals surface area (Å²) in [6, 6.07) is 6.47. The Bertz CT molecular complexity index is 314. The maximum Gasteiger partial charge on any atom is 0.0632 e. The largest absolute Gasteiger partial charge is 0.394 e. The van der Waals surface area contributed by atoms with Gasteiger partial charge in [-0.2, -0.15) is 0 Å². The molecule has 2 rings (SSSR count). The van der Waals surface area contributed by atoms with Crippen molar-refractivity contribution in [3.63, 3.8) is 0 Å². The van der Waals surface area contributed by atoms with Crippen LogP contribution in [0, 0.1) is 0 Å². The van der Waals surface area contributed by atoms with Crippen LogP contribution in [0.4, 0.5) is 5.69 Å². The zero-order chi connectivity index (χ0) is 9.26. The fourth-order valence-electron chi connectivity index (χ4n) is 1.66. The Morgan fingerprint density at radius 2 is 2.38 bits per heavy atom. The quantitative estimate of drug-likeness (QED) is 0.790. The average molecular weight is 242 g/mol. The van der Waals surface area contributed by atoms with E-state index in [1.165, 1.54) is 5.56 Å². The molecular weight excluding hydrogens is 230 g/mol. The molecule has 3 heteroatoms. The highest BCUT2D eigenvalue weighted by atomic mass is 79.9. The maximum absolute atomic E-state index is 9.01. The molecule has 1 aromatic carbocycles. The van der Waals surface area contributed by atoms with Gasteiger partial charge >= 0.3 is 0 Å². The van der Waals surface area contributed by atoms with E-state index in [1.54, 1.807) is 0 Å². The van der Waals surface area contributed by atoms with Crippen molar-refractivity contribution in [2.24, 2.45) is 0 Å². The maximum atomic E-state index is 9.01. The number of halogens is 1. The smallest absolute Gasteiger partial charge is 0.0632 e. The molecule has 0 spiro atoms. The number of nitrogens with one attached hydrogen (secondary N) is 1. The molecule has 0 aliphatic carbocycles. The molecule has 1 unspecified atom stereocenters. The number of benzene rings is 1. The Hall–Kier alpha value is -0.540. The van der Waals surface area contributed by atoms with Crippen molar-refractivity contribution in [2.45, 2.75) is 18.9 Å². The minimum absolute atomic E-state index is 0.214. The summed E-state index contributed by atoms with van der Waals surface area (Å²) in [4.78, 5) is 0. The molecule has 1 aromatic rings. The Labute approximate surface area is 86.1 Å². The first-order chi connectivity index (χ1) is 6.29. The average Bonchev–Trinajstić information content (AvgIpc) is 2.16. The van der Waals surface area contributed by atoms with Crippen LogP contribution in [0.15, 0.2) is 22.7 Å². The van der Waals surface area contributed by atoms with Gasteiger partial charge in [-0.05, 0) is 30.5 Å². The summed E-state index contributed by atoms with van der Waals surface area (Å²) in [5, 5.41) is 12.3. The van der Waals surface area contributed by atoms with E-state index in [9.17, 15) is 0 Å². The van der Waals surface area contributed by atoms with E-state index >= 15 is 0 Å². The first kappa shape index (κ1) is 9.03. The fraction of sp³-hybridized carbons (Fsp3) is 0.400. The van der Waals surface area contributed by atoms with Gasteiger partial charge in [0.25, 0.3) is 0 Å². The summed E-state index contributed by atoms with van der Waals surface area (Å²) in [6.45, 7) is 0.214. The van der Waals surface area contributed by atoms with E-state index in [2.05, 4.69) is 39.4 Å². The summed E-state index contributed by atoms with van der Waals surface area (Å²) in [7, 11) is 0. The molecule has 0 bridgehead atoms. The van der Waals surface area contributed by atoms with Crippen molar-refractivity contribution >= 4 is 21.6 Å². The molecule has 0 amide bonds. The summed E-state index contributed by atoms with van der Waals surface area (Å²) in [6.07, 6.45) is 2.08. The normalized spacial score (nSPS) is 20.6. The van der Waals surface area contributed by atoms with Gasteiger partial charge in [-0.3, -0.25) is 0 Å². The number of aliphatic hydroxyl groups is 1. The Balaban J connectivity index is 2.27. The van der Waals surface area contributed by atoms with E-state index in [-0.39, 0.29) is 12.6 Å². The lowest BCUT2D eigenvalue weighted by atomic mass is 9.99. The summed E-state index contributed by atoms with van der Waals surface area (Å²) >= 11 is 3.43. The van der Waals surface area contributed by atoms with Crippen molar-refractivity contribution in [3.8, 4) is 0 Å². The molecule has 13 heavy (non-hydrogen) atoms. The van der Waals surface area contributed by atoms with E-state index < -0.39 is 0 Å². The van der Waals surface area contributed by atoms with Crippen LogP contribution in [0.5, 0.6) is 0 Å². The van der Waals surface area contributed by atoms with Crippen molar-refractivity contribution < 1.29 is 5.11 Å². The first-order valence-corrected chi connectivity index (χ1v) is 5.24. The van der Waals surface area contributed by atoms with Crippen LogP contribution in [-0.4, -0.2) is 17.8 Å². The van der Waals surface area contributed by atoms with E-state index in [1.807, 2.05) is 0 Å². The predicted molar refractivity (Wildman–Crippen MR) is 57.0 cm³/mol. The first-order valence-electron chi connectivity index (χ1n) is 4.45. The standard InChI is InChI=1S/C10H12BrNO/c11-8-3-1-7-2-4-9(6-13)12-10(7)5-8/h1,3,5,9,12-13H,2,4,6H2. The molecule has 0 fully saturated rings. The van der Waals surface area contributed by atoms with Gasteiger partial charge in [0.1, 0.15) is 0 Å². The van der Waals surface area contributed by atoms with Gasteiger partial charge in [-0.1, -0.05) is 22.0 Å². The molecule has 1 aliphatic heterocycles. The third kappa shape index (κ3) is 1.86. The third-order valence-electron chi connectivity index (χ3n) is 2.41.